The Morgan fingerprint density at radius 2 is 1.88 bits per heavy atom. The normalized spacial score (nSPS) is 11.8. The van der Waals surface area contributed by atoms with Gasteiger partial charge in [-0.05, 0) is 42.5 Å². The second kappa shape index (κ2) is 7.99. The zero-order valence-corrected chi connectivity index (χ0v) is 15.2. The highest BCUT2D eigenvalue weighted by Gasteiger charge is 2.18. The Kier molecular flexibility index (Phi) is 5.51. The first-order chi connectivity index (χ1) is 12.1. The molecule has 3 rings (SSSR count). The van der Waals surface area contributed by atoms with Crippen LogP contribution in [0.4, 0.5) is 0 Å². The predicted molar refractivity (Wildman–Crippen MR) is 102 cm³/mol. The number of aryl methyl sites for hydroxylation is 2. The van der Waals surface area contributed by atoms with E-state index in [1.807, 2.05) is 79.9 Å². The van der Waals surface area contributed by atoms with Gasteiger partial charge in [0.25, 0.3) is 5.91 Å². The Morgan fingerprint density at radius 3 is 2.56 bits per heavy atom. The number of amides is 1. The molecule has 2 aromatic carbocycles. The third-order valence-electron chi connectivity index (χ3n) is 3.96. The van der Waals surface area contributed by atoms with Crippen molar-refractivity contribution >= 4 is 17.2 Å². The van der Waals surface area contributed by atoms with Crippen LogP contribution >= 0.6 is 11.3 Å². The van der Waals surface area contributed by atoms with Crippen molar-refractivity contribution in [1.82, 2.24) is 5.32 Å². The van der Waals surface area contributed by atoms with E-state index in [0.29, 0.717) is 0 Å². The Bertz CT molecular complexity index is 828. The van der Waals surface area contributed by atoms with Crippen LogP contribution in [0, 0.1) is 13.8 Å². The number of nitrogens with one attached hydrogen (secondary N) is 1. The van der Waals surface area contributed by atoms with Crippen LogP contribution in [0.5, 0.6) is 5.75 Å². The Balaban J connectivity index is 1.68. The predicted octanol–water partition coefficient (Wildman–Crippen LogP) is 4.65. The maximum absolute atomic E-state index is 12.4. The summed E-state index contributed by atoms with van der Waals surface area (Å²) in [5.74, 6) is 0.607. The number of rotatable bonds is 6. The molecule has 1 aromatic heterocycles. The summed E-state index contributed by atoms with van der Waals surface area (Å²) in [6.07, 6.45) is 0. The van der Waals surface area contributed by atoms with Crippen LogP contribution in [-0.4, -0.2) is 12.5 Å². The van der Waals surface area contributed by atoms with E-state index >= 15 is 0 Å². The molecule has 4 heteroatoms. The van der Waals surface area contributed by atoms with Crippen molar-refractivity contribution in [3.05, 3.63) is 87.6 Å². The summed E-state index contributed by atoms with van der Waals surface area (Å²) in [6.45, 7) is 4.02. The lowest BCUT2D eigenvalue weighted by Crippen LogP contribution is -2.33. The maximum Gasteiger partial charge on any atom is 0.258 e. The second-order valence-corrected chi connectivity index (χ2v) is 6.96. The quantitative estimate of drug-likeness (QED) is 0.702. The highest BCUT2D eigenvalue weighted by Crippen LogP contribution is 2.26. The topological polar surface area (TPSA) is 38.3 Å². The SMILES string of the molecule is Cc1ccc(OCC(=O)N[C@@H](c2ccccc2)c2cccs2)c(C)c1. The number of benzene rings is 2. The van der Waals surface area contributed by atoms with E-state index in [0.717, 1.165) is 21.8 Å². The molecule has 1 N–H and O–H groups in total. The zero-order chi connectivity index (χ0) is 17.6. The monoisotopic (exact) mass is 351 g/mol. The first-order valence-corrected chi connectivity index (χ1v) is 9.09. The van der Waals surface area contributed by atoms with Gasteiger partial charge in [-0.25, -0.2) is 0 Å². The standard InChI is InChI=1S/C21H21NO2S/c1-15-10-11-18(16(2)13-15)24-14-20(23)22-21(19-9-6-12-25-19)17-7-4-3-5-8-17/h3-13,21H,14H2,1-2H3,(H,22,23)/t21-/m0/s1. The molecule has 0 saturated heterocycles. The van der Waals surface area contributed by atoms with E-state index in [1.165, 1.54) is 5.56 Å². The van der Waals surface area contributed by atoms with E-state index in [4.69, 9.17) is 4.74 Å². The number of carbonyl (C=O) groups is 1. The smallest absolute Gasteiger partial charge is 0.258 e. The van der Waals surface area contributed by atoms with Crippen LogP contribution in [0.25, 0.3) is 0 Å². The van der Waals surface area contributed by atoms with Crippen molar-refractivity contribution in [2.45, 2.75) is 19.9 Å². The van der Waals surface area contributed by atoms with Gasteiger partial charge in [0.2, 0.25) is 0 Å². The van der Waals surface area contributed by atoms with Crippen LogP contribution in [0.3, 0.4) is 0 Å². The number of hydrogen-bond donors (Lipinski definition) is 1. The molecule has 3 nitrogen and oxygen atoms in total. The van der Waals surface area contributed by atoms with E-state index in [9.17, 15) is 4.79 Å². The van der Waals surface area contributed by atoms with Gasteiger partial charge < -0.3 is 10.1 Å². The fraction of sp³-hybridized carbons (Fsp3) is 0.190. The lowest BCUT2D eigenvalue weighted by molar-refractivity contribution is -0.123. The number of thiophene rings is 1. The summed E-state index contributed by atoms with van der Waals surface area (Å²) in [4.78, 5) is 13.5. The van der Waals surface area contributed by atoms with Crippen molar-refractivity contribution in [2.75, 3.05) is 6.61 Å². The molecular formula is C21H21NO2S. The average Bonchev–Trinajstić information content (AvgIpc) is 3.14. The Morgan fingerprint density at radius 1 is 1.08 bits per heavy atom. The van der Waals surface area contributed by atoms with Crippen LogP contribution in [0.1, 0.15) is 27.6 Å². The van der Waals surface area contributed by atoms with E-state index in [2.05, 4.69) is 5.32 Å². The van der Waals surface area contributed by atoms with Gasteiger partial charge in [0, 0.05) is 4.88 Å². The van der Waals surface area contributed by atoms with Crippen molar-refractivity contribution in [2.24, 2.45) is 0 Å². The first kappa shape index (κ1) is 17.2. The molecule has 0 aliphatic rings. The molecule has 0 saturated carbocycles. The minimum absolute atomic E-state index is 0.00138. The third kappa shape index (κ3) is 4.48. The molecule has 0 aliphatic carbocycles. The third-order valence-corrected chi connectivity index (χ3v) is 4.89. The second-order valence-electron chi connectivity index (χ2n) is 5.98. The van der Waals surface area contributed by atoms with Crippen LogP contribution < -0.4 is 10.1 Å². The van der Waals surface area contributed by atoms with Crippen LogP contribution in [-0.2, 0) is 4.79 Å². The lowest BCUT2D eigenvalue weighted by atomic mass is 10.1. The molecular weight excluding hydrogens is 330 g/mol. The van der Waals surface area contributed by atoms with Gasteiger partial charge in [-0.15, -0.1) is 11.3 Å². The Labute approximate surface area is 152 Å². The number of ether oxygens (including phenoxy) is 1. The van der Waals surface area contributed by atoms with E-state index in [-0.39, 0.29) is 18.6 Å². The van der Waals surface area contributed by atoms with E-state index < -0.39 is 0 Å². The van der Waals surface area contributed by atoms with Gasteiger partial charge in [-0.1, -0.05) is 54.1 Å². The largest absolute Gasteiger partial charge is 0.484 e. The summed E-state index contributed by atoms with van der Waals surface area (Å²) in [5.41, 5.74) is 3.27. The van der Waals surface area contributed by atoms with Gasteiger partial charge in [0.05, 0.1) is 6.04 Å². The summed E-state index contributed by atoms with van der Waals surface area (Å²) in [5, 5.41) is 5.10. The fourth-order valence-electron chi connectivity index (χ4n) is 2.73. The number of hydrogen-bond acceptors (Lipinski definition) is 3. The summed E-state index contributed by atoms with van der Waals surface area (Å²) in [6, 6.07) is 19.8. The highest BCUT2D eigenvalue weighted by molar-refractivity contribution is 7.10. The molecule has 128 valence electrons. The zero-order valence-electron chi connectivity index (χ0n) is 14.4. The fourth-order valence-corrected chi connectivity index (χ4v) is 3.53. The summed E-state index contributed by atoms with van der Waals surface area (Å²) >= 11 is 1.63. The maximum atomic E-state index is 12.4. The van der Waals surface area contributed by atoms with Gasteiger partial charge in [0.1, 0.15) is 5.75 Å². The van der Waals surface area contributed by atoms with Gasteiger partial charge in [0.15, 0.2) is 6.61 Å². The highest BCUT2D eigenvalue weighted by atomic mass is 32.1. The molecule has 0 bridgehead atoms. The molecule has 0 fully saturated rings. The number of carbonyl (C=O) groups excluding carboxylic acids is 1. The average molecular weight is 351 g/mol. The van der Waals surface area contributed by atoms with Gasteiger partial charge in [-0.3, -0.25) is 4.79 Å². The minimum atomic E-state index is -0.156. The van der Waals surface area contributed by atoms with Crippen molar-refractivity contribution in [1.29, 1.82) is 0 Å². The molecule has 0 spiro atoms. The van der Waals surface area contributed by atoms with Crippen molar-refractivity contribution < 1.29 is 9.53 Å². The van der Waals surface area contributed by atoms with E-state index in [1.54, 1.807) is 11.3 Å². The summed E-state index contributed by atoms with van der Waals surface area (Å²) < 4.78 is 5.70. The van der Waals surface area contributed by atoms with Gasteiger partial charge >= 0.3 is 0 Å². The molecule has 0 unspecified atom stereocenters. The summed E-state index contributed by atoms with van der Waals surface area (Å²) in [7, 11) is 0. The lowest BCUT2D eigenvalue weighted by Gasteiger charge is -2.18. The van der Waals surface area contributed by atoms with Crippen molar-refractivity contribution in [3.63, 3.8) is 0 Å². The van der Waals surface area contributed by atoms with Crippen LogP contribution in [0.15, 0.2) is 66.0 Å². The molecule has 1 heterocycles. The molecule has 3 aromatic rings. The first-order valence-electron chi connectivity index (χ1n) is 8.21. The van der Waals surface area contributed by atoms with Crippen molar-refractivity contribution in [3.8, 4) is 5.75 Å². The van der Waals surface area contributed by atoms with Crippen LogP contribution in [0.2, 0.25) is 0 Å². The molecule has 1 amide bonds. The van der Waals surface area contributed by atoms with Gasteiger partial charge in [-0.2, -0.15) is 0 Å². The molecule has 25 heavy (non-hydrogen) atoms. The minimum Gasteiger partial charge on any atom is -0.484 e. The molecule has 1 atom stereocenters. The molecule has 0 radical (unpaired) electrons. The Hall–Kier alpha value is -2.59. The molecule has 0 aliphatic heterocycles.